The lowest BCUT2D eigenvalue weighted by molar-refractivity contribution is -0.130. The van der Waals surface area contributed by atoms with E-state index < -0.39 is 17.3 Å². The SMILES string of the molecule is CC1(Cc2ccc3c(c2)OCO3)NC(=O)N(CCn2c(=O)oc3ccccc32)C1=O. The molecule has 1 N–H and O–H groups in total. The van der Waals surface area contributed by atoms with E-state index >= 15 is 0 Å². The van der Waals surface area contributed by atoms with Crippen LogP contribution in [0.3, 0.4) is 0 Å². The van der Waals surface area contributed by atoms with Crippen molar-refractivity contribution in [1.29, 1.82) is 0 Å². The Morgan fingerprint density at radius 2 is 1.83 bits per heavy atom. The number of benzene rings is 2. The van der Waals surface area contributed by atoms with Crippen LogP contribution >= 0.6 is 0 Å². The Balaban J connectivity index is 1.33. The van der Waals surface area contributed by atoms with Crippen LogP contribution < -0.4 is 20.5 Å². The van der Waals surface area contributed by atoms with Crippen molar-refractivity contribution in [2.75, 3.05) is 13.3 Å². The fraction of sp³-hybridized carbons (Fsp3) is 0.286. The molecule has 1 atom stereocenters. The van der Waals surface area contributed by atoms with Crippen LogP contribution in [0.4, 0.5) is 4.79 Å². The van der Waals surface area contributed by atoms with Crippen molar-refractivity contribution in [3.63, 3.8) is 0 Å². The molecule has 1 fully saturated rings. The van der Waals surface area contributed by atoms with Gasteiger partial charge in [0, 0.05) is 19.5 Å². The average molecular weight is 409 g/mol. The van der Waals surface area contributed by atoms with Gasteiger partial charge in [-0.25, -0.2) is 9.59 Å². The molecule has 0 radical (unpaired) electrons. The highest BCUT2D eigenvalue weighted by Gasteiger charge is 2.47. The molecule has 0 spiro atoms. The van der Waals surface area contributed by atoms with E-state index in [9.17, 15) is 14.4 Å². The van der Waals surface area contributed by atoms with Gasteiger partial charge >= 0.3 is 11.8 Å². The second-order valence-corrected chi connectivity index (χ2v) is 7.57. The number of hydrogen-bond acceptors (Lipinski definition) is 6. The largest absolute Gasteiger partial charge is 0.454 e. The maximum Gasteiger partial charge on any atom is 0.420 e. The summed E-state index contributed by atoms with van der Waals surface area (Å²) >= 11 is 0. The predicted octanol–water partition coefficient (Wildman–Crippen LogP) is 1.88. The number of para-hydroxylation sites is 2. The zero-order chi connectivity index (χ0) is 20.9. The van der Waals surface area contributed by atoms with E-state index in [1.54, 1.807) is 37.3 Å². The summed E-state index contributed by atoms with van der Waals surface area (Å²) in [5.41, 5.74) is 0.841. The number of hydrogen-bond donors (Lipinski definition) is 1. The maximum absolute atomic E-state index is 13.1. The quantitative estimate of drug-likeness (QED) is 0.646. The minimum absolute atomic E-state index is 0.0603. The van der Waals surface area contributed by atoms with Crippen molar-refractivity contribution < 1.29 is 23.5 Å². The zero-order valence-electron chi connectivity index (χ0n) is 16.2. The molecule has 1 unspecified atom stereocenters. The van der Waals surface area contributed by atoms with Gasteiger partial charge in [0.05, 0.1) is 5.52 Å². The summed E-state index contributed by atoms with van der Waals surface area (Å²) < 4.78 is 17.3. The molecule has 154 valence electrons. The van der Waals surface area contributed by atoms with Gasteiger partial charge in [0.2, 0.25) is 6.79 Å². The number of carbonyl (C=O) groups excluding carboxylic acids is 2. The third kappa shape index (κ3) is 2.90. The first kappa shape index (κ1) is 18.3. The van der Waals surface area contributed by atoms with Gasteiger partial charge in [-0.1, -0.05) is 18.2 Å². The standard InChI is InChI=1S/C21H19N3O6/c1-21(11-13-6-7-16-17(10-13)29-12-28-16)18(25)24(19(26)22-21)9-8-23-14-4-2-3-5-15(14)30-20(23)27/h2-7,10H,8-9,11-12H2,1H3,(H,22,26). The Morgan fingerprint density at radius 1 is 1.03 bits per heavy atom. The van der Waals surface area contributed by atoms with E-state index in [4.69, 9.17) is 13.9 Å². The molecule has 9 nitrogen and oxygen atoms in total. The monoisotopic (exact) mass is 409 g/mol. The molecule has 0 aliphatic carbocycles. The Hall–Kier alpha value is -3.75. The molecule has 2 aliphatic heterocycles. The van der Waals surface area contributed by atoms with Crippen molar-refractivity contribution in [1.82, 2.24) is 14.8 Å². The first-order valence-electron chi connectivity index (χ1n) is 9.56. The Bertz CT molecular complexity index is 1230. The maximum atomic E-state index is 13.1. The molecular formula is C21H19N3O6. The van der Waals surface area contributed by atoms with Crippen LogP contribution in [0.15, 0.2) is 51.7 Å². The molecule has 2 aromatic carbocycles. The molecule has 5 rings (SSSR count). The van der Waals surface area contributed by atoms with Gasteiger partial charge in [-0.15, -0.1) is 0 Å². The van der Waals surface area contributed by atoms with Gasteiger partial charge in [-0.05, 0) is 36.8 Å². The molecule has 0 saturated carbocycles. The van der Waals surface area contributed by atoms with Crippen LogP contribution in [-0.4, -0.2) is 40.3 Å². The number of rotatable bonds is 5. The highest BCUT2D eigenvalue weighted by atomic mass is 16.7. The predicted molar refractivity (Wildman–Crippen MR) is 105 cm³/mol. The topological polar surface area (TPSA) is 103 Å². The number of carbonyl (C=O) groups is 2. The Morgan fingerprint density at radius 3 is 2.70 bits per heavy atom. The molecule has 3 amide bonds. The average Bonchev–Trinajstić information content (AvgIpc) is 3.36. The molecule has 2 aliphatic rings. The number of nitrogens with zero attached hydrogens (tertiary/aromatic N) is 2. The summed E-state index contributed by atoms with van der Waals surface area (Å²) in [5.74, 6) is 0.415. The number of oxazole rings is 1. The van der Waals surface area contributed by atoms with E-state index in [0.29, 0.717) is 29.0 Å². The highest BCUT2D eigenvalue weighted by Crippen LogP contribution is 2.34. The van der Waals surface area contributed by atoms with Crippen LogP contribution in [0.2, 0.25) is 0 Å². The summed E-state index contributed by atoms with van der Waals surface area (Å²) in [6.07, 6.45) is 0.305. The van der Waals surface area contributed by atoms with E-state index in [1.165, 1.54) is 4.57 Å². The number of aromatic nitrogens is 1. The summed E-state index contributed by atoms with van der Waals surface area (Å²) in [7, 11) is 0. The summed E-state index contributed by atoms with van der Waals surface area (Å²) in [6, 6.07) is 12.0. The van der Waals surface area contributed by atoms with Crippen LogP contribution in [0.25, 0.3) is 11.1 Å². The summed E-state index contributed by atoms with van der Waals surface area (Å²) in [5, 5.41) is 2.78. The number of ether oxygens (including phenoxy) is 2. The van der Waals surface area contributed by atoms with Crippen molar-refractivity contribution in [2.45, 2.75) is 25.4 Å². The lowest BCUT2D eigenvalue weighted by Crippen LogP contribution is -2.46. The smallest absolute Gasteiger partial charge is 0.420 e. The minimum Gasteiger partial charge on any atom is -0.454 e. The van der Waals surface area contributed by atoms with E-state index in [0.717, 1.165) is 10.5 Å². The molecule has 0 bridgehead atoms. The molecule has 30 heavy (non-hydrogen) atoms. The fourth-order valence-corrected chi connectivity index (χ4v) is 3.95. The number of amides is 3. The van der Waals surface area contributed by atoms with Gasteiger partial charge < -0.3 is 19.2 Å². The van der Waals surface area contributed by atoms with Gasteiger partial charge in [0.25, 0.3) is 5.91 Å². The lowest BCUT2D eigenvalue weighted by Gasteiger charge is -2.22. The van der Waals surface area contributed by atoms with Crippen molar-refractivity contribution in [3.05, 3.63) is 58.6 Å². The highest BCUT2D eigenvalue weighted by molar-refractivity contribution is 6.07. The second kappa shape index (κ2) is 6.65. The Labute approximate surface area is 170 Å². The van der Waals surface area contributed by atoms with Crippen LogP contribution in [0, 0.1) is 0 Å². The van der Waals surface area contributed by atoms with E-state index in [-0.39, 0.29) is 25.8 Å². The summed E-state index contributed by atoms with van der Waals surface area (Å²) in [6.45, 7) is 2.07. The number of nitrogens with one attached hydrogen (secondary N) is 1. The molecular weight excluding hydrogens is 390 g/mol. The van der Waals surface area contributed by atoms with E-state index in [2.05, 4.69) is 5.32 Å². The molecule has 3 aromatic rings. The van der Waals surface area contributed by atoms with Crippen molar-refractivity contribution >= 4 is 23.0 Å². The molecule has 1 saturated heterocycles. The van der Waals surface area contributed by atoms with Crippen LogP contribution in [0.5, 0.6) is 11.5 Å². The number of imide groups is 1. The normalized spacial score (nSPS) is 20.2. The molecule has 1 aromatic heterocycles. The van der Waals surface area contributed by atoms with Crippen LogP contribution in [0.1, 0.15) is 12.5 Å². The minimum atomic E-state index is -1.09. The summed E-state index contributed by atoms with van der Waals surface area (Å²) in [4.78, 5) is 38.9. The Kier molecular flexibility index (Phi) is 4.05. The van der Waals surface area contributed by atoms with Crippen molar-refractivity contribution in [2.24, 2.45) is 0 Å². The third-order valence-corrected chi connectivity index (χ3v) is 5.46. The van der Waals surface area contributed by atoms with Gasteiger partial charge in [-0.2, -0.15) is 0 Å². The van der Waals surface area contributed by atoms with Gasteiger partial charge in [0.15, 0.2) is 17.1 Å². The second-order valence-electron chi connectivity index (χ2n) is 7.57. The van der Waals surface area contributed by atoms with Gasteiger partial charge in [0.1, 0.15) is 5.54 Å². The van der Waals surface area contributed by atoms with Gasteiger partial charge in [-0.3, -0.25) is 14.3 Å². The lowest BCUT2D eigenvalue weighted by atomic mass is 9.92. The number of urea groups is 1. The first-order valence-corrected chi connectivity index (χ1v) is 9.56. The first-order chi connectivity index (χ1) is 14.4. The zero-order valence-corrected chi connectivity index (χ0v) is 16.2. The molecule has 3 heterocycles. The molecule has 9 heteroatoms. The fourth-order valence-electron chi connectivity index (χ4n) is 3.95. The third-order valence-electron chi connectivity index (χ3n) is 5.46. The van der Waals surface area contributed by atoms with E-state index in [1.807, 2.05) is 12.1 Å². The van der Waals surface area contributed by atoms with Crippen LogP contribution in [-0.2, 0) is 17.8 Å². The van der Waals surface area contributed by atoms with Crippen molar-refractivity contribution in [3.8, 4) is 11.5 Å². The number of fused-ring (bicyclic) bond motifs is 2.